The minimum Gasteiger partial charge on any atom is -0.455 e. The molecule has 0 spiro atoms. The topological polar surface area (TPSA) is 51.8 Å². The highest BCUT2D eigenvalue weighted by molar-refractivity contribution is 6.09. The van der Waals surface area contributed by atoms with E-state index in [9.17, 15) is 0 Å². The number of hydrogen-bond acceptors (Lipinski definition) is 4. The van der Waals surface area contributed by atoms with E-state index in [1.165, 1.54) is 11.1 Å². The van der Waals surface area contributed by atoms with Crippen LogP contribution in [0.4, 0.5) is 0 Å². The zero-order chi connectivity index (χ0) is 30.8. The van der Waals surface area contributed by atoms with Gasteiger partial charge in [0, 0.05) is 56.4 Å². The number of nitrogens with zero attached hydrogens (tertiary/aromatic N) is 3. The monoisotopic (exact) mass is 591 g/mol. The Hall–Kier alpha value is -5.87. The van der Waals surface area contributed by atoms with E-state index < -0.39 is 0 Å². The predicted molar refractivity (Wildman–Crippen MR) is 186 cm³/mol. The van der Waals surface area contributed by atoms with Crippen LogP contribution in [0.15, 0.2) is 144 Å². The molecule has 218 valence electrons. The summed E-state index contributed by atoms with van der Waals surface area (Å²) in [7, 11) is 0. The molecule has 3 aromatic heterocycles. The van der Waals surface area contributed by atoms with Crippen LogP contribution in [0.1, 0.15) is 25.0 Å². The van der Waals surface area contributed by atoms with Crippen LogP contribution in [0.2, 0.25) is 0 Å². The molecule has 1 aliphatic rings. The van der Waals surface area contributed by atoms with Gasteiger partial charge in [-0.1, -0.05) is 111 Å². The molecule has 0 saturated heterocycles. The molecule has 0 saturated carbocycles. The smallest absolute Gasteiger partial charge is 0.160 e. The fourth-order valence-corrected chi connectivity index (χ4v) is 7.15. The number of benzene rings is 5. The van der Waals surface area contributed by atoms with E-state index in [1.54, 1.807) is 0 Å². The highest BCUT2D eigenvalue weighted by atomic mass is 16.3. The van der Waals surface area contributed by atoms with Crippen LogP contribution >= 0.6 is 0 Å². The number of aromatic nitrogens is 3. The van der Waals surface area contributed by atoms with E-state index in [0.717, 1.165) is 72.3 Å². The summed E-state index contributed by atoms with van der Waals surface area (Å²) >= 11 is 0. The fraction of sp³-hybridized carbons (Fsp3) is 0.0714. The highest BCUT2D eigenvalue weighted by Crippen LogP contribution is 2.51. The van der Waals surface area contributed by atoms with Crippen LogP contribution in [0, 0.1) is 0 Å². The predicted octanol–water partition coefficient (Wildman–Crippen LogP) is 10.7. The third-order valence-electron chi connectivity index (χ3n) is 9.38. The average Bonchev–Trinajstić information content (AvgIpc) is 3.61. The lowest BCUT2D eigenvalue weighted by Crippen LogP contribution is -2.17. The molecule has 5 aromatic carbocycles. The molecule has 0 aliphatic heterocycles. The number of furan rings is 1. The molecule has 4 heteroatoms. The molecule has 46 heavy (non-hydrogen) atoms. The van der Waals surface area contributed by atoms with Gasteiger partial charge in [0.15, 0.2) is 5.82 Å². The quantitative estimate of drug-likeness (QED) is 0.204. The van der Waals surface area contributed by atoms with Gasteiger partial charge < -0.3 is 4.42 Å². The highest BCUT2D eigenvalue weighted by Gasteiger charge is 2.40. The zero-order valence-electron chi connectivity index (χ0n) is 25.5. The Morgan fingerprint density at radius 1 is 0.522 bits per heavy atom. The third-order valence-corrected chi connectivity index (χ3v) is 9.38. The van der Waals surface area contributed by atoms with E-state index in [1.807, 2.05) is 36.7 Å². The van der Waals surface area contributed by atoms with Crippen LogP contribution in [0.25, 0.3) is 78.1 Å². The first kappa shape index (κ1) is 26.5. The zero-order valence-corrected chi connectivity index (χ0v) is 25.5. The Morgan fingerprint density at radius 2 is 1.17 bits per heavy atom. The molecular weight excluding hydrogens is 562 g/mol. The molecule has 8 aromatic rings. The first-order chi connectivity index (χ1) is 22.6. The summed E-state index contributed by atoms with van der Waals surface area (Å²) in [4.78, 5) is 14.9. The molecule has 0 bridgehead atoms. The second-order valence-corrected chi connectivity index (χ2v) is 12.5. The number of fused-ring (bicyclic) bond motifs is 6. The van der Waals surface area contributed by atoms with Gasteiger partial charge in [0.25, 0.3) is 0 Å². The van der Waals surface area contributed by atoms with Gasteiger partial charge >= 0.3 is 0 Å². The lowest BCUT2D eigenvalue weighted by atomic mass is 9.80. The summed E-state index contributed by atoms with van der Waals surface area (Å²) in [6, 6.07) is 44.5. The summed E-state index contributed by atoms with van der Waals surface area (Å²) in [6.07, 6.45) is 3.65. The molecular formula is C42H29N3O. The van der Waals surface area contributed by atoms with Crippen molar-refractivity contribution in [3.05, 3.63) is 151 Å². The molecule has 9 rings (SSSR count). The average molecular weight is 592 g/mol. The standard InChI is InChI=1S/C42H29N3O/c1-42(2)35-18-5-3-15-34(35)39-37(42)38(44-41(45-39)30-13-7-10-27(24-30)26-20-22-43-23-21-26)29-12-8-11-28(25-29)31-16-9-17-33-32-14-4-6-19-36(32)46-40(31)33/h3-25H,1-2H3. The molecule has 0 fully saturated rings. The maximum Gasteiger partial charge on any atom is 0.160 e. The van der Waals surface area contributed by atoms with Crippen LogP contribution in [-0.4, -0.2) is 15.0 Å². The van der Waals surface area contributed by atoms with Crippen molar-refractivity contribution in [1.29, 1.82) is 0 Å². The molecule has 0 atom stereocenters. The van der Waals surface area contributed by atoms with Crippen molar-refractivity contribution in [2.75, 3.05) is 0 Å². The summed E-state index contributed by atoms with van der Waals surface area (Å²) in [6.45, 7) is 4.57. The van der Waals surface area contributed by atoms with E-state index in [2.05, 4.69) is 122 Å². The summed E-state index contributed by atoms with van der Waals surface area (Å²) < 4.78 is 6.43. The first-order valence-electron chi connectivity index (χ1n) is 15.6. The normalized spacial score (nSPS) is 13.2. The largest absolute Gasteiger partial charge is 0.455 e. The van der Waals surface area contributed by atoms with E-state index in [0.29, 0.717) is 5.82 Å². The van der Waals surface area contributed by atoms with Crippen molar-refractivity contribution in [2.45, 2.75) is 19.3 Å². The summed E-state index contributed by atoms with van der Waals surface area (Å²) in [5, 5.41) is 2.25. The van der Waals surface area contributed by atoms with Crippen LogP contribution in [0.5, 0.6) is 0 Å². The lowest BCUT2D eigenvalue weighted by Gasteiger charge is -2.24. The lowest BCUT2D eigenvalue weighted by molar-refractivity contribution is 0.658. The van der Waals surface area contributed by atoms with Gasteiger partial charge in [0.2, 0.25) is 0 Å². The molecule has 0 N–H and O–H groups in total. The van der Waals surface area contributed by atoms with Crippen LogP contribution in [-0.2, 0) is 5.41 Å². The van der Waals surface area contributed by atoms with Gasteiger partial charge in [0.1, 0.15) is 11.2 Å². The fourth-order valence-electron chi connectivity index (χ4n) is 7.15. The number of pyridine rings is 1. The second-order valence-electron chi connectivity index (χ2n) is 12.5. The molecule has 1 aliphatic carbocycles. The van der Waals surface area contributed by atoms with Crippen molar-refractivity contribution in [3.63, 3.8) is 0 Å². The number of rotatable bonds is 4. The van der Waals surface area contributed by atoms with Gasteiger partial charge in [-0.25, -0.2) is 9.97 Å². The summed E-state index contributed by atoms with van der Waals surface area (Å²) in [5.41, 5.74) is 13.5. The second kappa shape index (κ2) is 10.1. The molecule has 4 nitrogen and oxygen atoms in total. The van der Waals surface area contributed by atoms with Gasteiger partial charge in [-0.15, -0.1) is 0 Å². The molecule has 3 heterocycles. The molecule has 0 radical (unpaired) electrons. The first-order valence-corrected chi connectivity index (χ1v) is 15.6. The van der Waals surface area contributed by atoms with E-state index in [-0.39, 0.29) is 5.41 Å². The van der Waals surface area contributed by atoms with Gasteiger partial charge in [-0.3, -0.25) is 4.98 Å². The Balaban J connectivity index is 1.27. The van der Waals surface area contributed by atoms with Crippen molar-refractivity contribution in [1.82, 2.24) is 15.0 Å². The maximum atomic E-state index is 6.43. The maximum absolute atomic E-state index is 6.43. The van der Waals surface area contributed by atoms with Crippen LogP contribution < -0.4 is 0 Å². The van der Waals surface area contributed by atoms with E-state index in [4.69, 9.17) is 14.4 Å². The van der Waals surface area contributed by atoms with Crippen molar-refractivity contribution in [2.24, 2.45) is 0 Å². The van der Waals surface area contributed by atoms with Gasteiger partial charge in [0.05, 0.1) is 11.4 Å². The SMILES string of the molecule is CC1(C)c2ccccc2-c2nc(-c3cccc(-c4ccncc4)c3)nc(-c3cccc(-c4cccc5c4oc4ccccc45)c3)c21. The third kappa shape index (κ3) is 4.04. The Morgan fingerprint density at radius 3 is 2.07 bits per heavy atom. The van der Waals surface area contributed by atoms with Crippen molar-refractivity contribution in [3.8, 4) is 56.2 Å². The Bertz CT molecular complexity index is 2460. The Labute approximate surface area is 267 Å². The minimum atomic E-state index is -0.270. The molecule has 0 amide bonds. The molecule has 0 unspecified atom stereocenters. The van der Waals surface area contributed by atoms with E-state index >= 15 is 0 Å². The van der Waals surface area contributed by atoms with Crippen LogP contribution in [0.3, 0.4) is 0 Å². The Kier molecular flexibility index (Phi) is 5.81. The van der Waals surface area contributed by atoms with Gasteiger partial charge in [-0.2, -0.15) is 0 Å². The minimum absolute atomic E-state index is 0.270. The van der Waals surface area contributed by atoms with Gasteiger partial charge in [-0.05, 0) is 52.6 Å². The van der Waals surface area contributed by atoms with Crippen molar-refractivity contribution >= 4 is 21.9 Å². The van der Waals surface area contributed by atoms with Crippen molar-refractivity contribution < 1.29 is 4.42 Å². The number of hydrogen-bond donors (Lipinski definition) is 0. The summed E-state index contributed by atoms with van der Waals surface area (Å²) in [5.74, 6) is 0.710. The number of para-hydroxylation sites is 2.